The molecule has 1 aromatic heterocycles. The van der Waals surface area contributed by atoms with E-state index in [0.717, 1.165) is 24.4 Å². The summed E-state index contributed by atoms with van der Waals surface area (Å²) in [5.74, 6) is 1.48. The van der Waals surface area contributed by atoms with Gasteiger partial charge in [0.15, 0.2) is 12.4 Å². The average molecular weight is 387 g/mol. The van der Waals surface area contributed by atoms with E-state index in [1.165, 1.54) is 24.3 Å². The Morgan fingerprint density at radius 3 is 2.75 bits per heavy atom. The number of halogens is 1. The number of amides is 1. The van der Waals surface area contributed by atoms with Crippen molar-refractivity contribution >= 4 is 11.7 Å². The first-order chi connectivity index (χ1) is 13.5. The van der Waals surface area contributed by atoms with Gasteiger partial charge in [-0.3, -0.25) is 4.79 Å². The predicted molar refractivity (Wildman–Crippen MR) is 105 cm³/mol. The van der Waals surface area contributed by atoms with E-state index >= 15 is 0 Å². The molecule has 0 spiro atoms. The fourth-order valence-electron chi connectivity index (χ4n) is 3.25. The molecule has 0 bridgehead atoms. The molecule has 2 heterocycles. The van der Waals surface area contributed by atoms with Crippen LogP contribution >= 0.6 is 0 Å². The summed E-state index contributed by atoms with van der Waals surface area (Å²) in [5, 5.41) is 3.11. The van der Waals surface area contributed by atoms with Crippen LogP contribution in [0.4, 0.5) is 10.2 Å². The van der Waals surface area contributed by atoms with E-state index in [1.54, 1.807) is 4.90 Å². The molecule has 1 atom stereocenters. The zero-order valence-electron chi connectivity index (χ0n) is 16.5. The third-order valence-electron chi connectivity index (χ3n) is 4.65. The second kappa shape index (κ2) is 8.97. The number of ether oxygens (including phenoxy) is 1. The van der Waals surface area contributed by atoms with Crippen molar-refractivity contribution in [2.45, 2.75) is 25.4 Å². The Hall–Kier alpha value is -2.74. The lowest BCUT2D eigenvalue weighted by atomic mass is 10.2. The summed E-state index contributed by atoms with van der Waals surface area (Å²) >= 11 is 0. The van der Waals surface area contributed by atoms with Gasteiger partial charge in [0.05, 0.1) is 11.7 Å². The summed E-state index contributed by atoms with van der Waals surface area (Å²) in [6.45, 7) is 1.18. The maximum Gasteiger partial charge on any atom is 0.261 e. The first-order valence-corrected chi connectivity index (χ1v) is 9.35. The molecule has 1 saturated heterocycles. The lowest BCUT2D eigenvalue weighted by molar-refractivity contribution is -0.134. The molecule has 0 aliphatic carbocycles. The minimum absolute atomic E-state index is 0.0983. The van der Waals surface area contributed by atoms with Gasteiger partial charge in [-0.25, -0.2) is 14.4 Å². The minimum atomic E-state index is -0.339. The van der Waals surface area contributed by atoms with Crippen molar-refractivity contribution in [3.63, 3.8) is 0 Å². The highest BCUT2D eigenvalue weighted by atomic mass is 19.1. The first-order valence-electron chi connectivity index (χ1n) is 9.35. The molecule has 1 N–H and O–H groups in total. The Kier molecular flexibility index (Phi) is 6.41. The number of anilines is 1. The number of benzene rings is 1. The predicted octanol–water partition coefficient (Wildman–Crippen LogP) is 2.14. The van der Waals surface area contributed by atoms with Gasteiger partial charge in [-0.1, -0.05) is 0 Å². The number of carbonyl (C=O) groups excluding carboxylic acids is 1. The van der Waals surface area contributed by atoms with Crippen molar-refractivity contribution in [1.29, 1.82) is 0 Å². The molecule has 1 aliphatic heterocycles. The smallest absolute Gasteiger partial charge is 0.261 e. The molecule has 1 aliphatic rings. The van der Waals surface area contributed by atoms with Crippen molar-refractivity contribution in [1.82, 2.24) is 20.2 Å². The number of hydrogen-bond acceptors (Lipinski definition) is 6. The third kappa shape index (κ3) is 4.75. The van der Waals surface area contributed by atoms with Crippen molar-refractivity contribution in [3.8, 4) is 5.75 Å². The Bertz CT molecular complexity index is 813. The Morgan fingerprint density at radius 1 is 1.32 bits per heavy atom. The zero-order chi connectivity index (χ0) is 20.1. The van der Waals surface area contributed by atoms with Gasteiger partial charge >= 0.3 is 0 Å². The summed E-state index contributed by atoms with van der Waals surface area (Å²) in [6.07, 6.45) is 1.71. The Morgan fingerprint density at radius 2 is 2.07 bits per heavy atom. The summed E-state index contributed by atoms with van der Waals surface area (Å²) in [5.41, 5.74) is 0.887. The van der Waals surface area contributed by atoms with Crippen LogP contribution in [0.15, 0.2) is 30.3 Å². The summed E-state index contributed by atoms with van der Waals surface area (Å²) in [6, 6.07) is 7.42. The zero-order valence-corrected chi connectivity index (χ0v) is 16.5. The van der Waals surface area contributed by atoms with Crippen LogP contribution in [0.3, 0.4) is 0 Å². The molecule has 150 valence electrons. The molecular formula is C20H26FN5O2. The van der Waals surface area contributed by atoms with Crippen LogP contribution < -0.4 is 15.0 Å². The third-order valence-corrected chi connectivity index (χ3v) is 4.65. The largest absolute Gasteiger partial charge is 0.484 e. The van der Waals surface area contributed by atoms with Crippen LogP contribution in [0, 0.1) is 5.82 Å². The fourth-order valence-corrected chi connectivity index (χ4v) is 3.25. The monoisotopic (exact) mass is 387 g/mol. The maximum absolute atomic E-state index is 13.0. The van der Waals surface area contributed by atoms with Gasteiger partial charge in [-0.2, -0.15) is 0 Å². The summed E-state index contributed by atoms with van der Waals surface area (Å²) in [4.78, 5) is 25.8. The van der Waals surface area contributed by atoms with Gasteiger partial charge in [0, 0.05) is 33.3 Å². The van der Waals surface area contributed by atoms with Crippen molar-refractivity contribution in [3.05, 3.63) is 47.7 Å². The number of nitrogens with one attached hydrogen (secondary N) is 1. The molecule has 8 heteroatoms. The van der Waals surface area contributed by atoms with E-state index in [-0.39, 0.29) is 24.4 Å². The molecule has 7 nitrogen and oxygen atoms in total. The van der Waals surface area contributed by atoms with Crippen LogP contribution in [-0.2, 0) is 11.3 Å². The number of aromatic nitrogens is 2. The van der Waals surface area contributed by atoms with Crippen molar-refractivity contribution in [2.24, 2.45) is 0 Å². The highest BCUT2D eigenvalue weighted by Crippen LogP contribution is 2.31. The number of likely N-dealkylation sites (tertiary alicyclic amines) is 1. The quantitative estimate of drug-likeness (QED) is 0.785. The first kappa shape index (κ1) is 20.0. The van der Waals surface area contributed by atoms with E-state index in [4.69, 9.17) is 4.74 Å². The lowest BCUT2D eigenvalue weighted by Crippen LogP contribution is -2.35. The topological polar surface area (TPSA) is 70.6 Å². The van der Waals surface area contributed by atoms with Crippen LogP contribution in [0.1, 0.15) is 30.4 Å². The molecule has 1 amide bonds. The molecule has 1 fully saturated rings. The van der Waals surface area contributed by atoms with E-state index in [1.807, 2.05) is 32.1 Å². The highest BCUT2D eigenvalue weighted by Gasteiger charge is 2.32. The number of nitrogens with zero attached hydrogens (tertiary/aromatic N) is 4. The van der Waals surface area contributed by atoms with Gasteiger partial charge in [-0.15, -0.1) is 0 Å². The number of carbonyl (C=O) groups is 1. The molecule has 0 radical (unpaired) electrons. The lowest BCUT2D eigenvalue weighted by Gasteiger charge is -2.25. The van der Waals surface area contributed by atoms with E-state index < -0.39 is 0 Å². The van der Waals surface area contributed by atoms with Crippen molar-refractivity contribution < 1.29 is 13.9 Å². The molecule has 2 aromatic rings. The van der Waals surface area contributed by atoms with Crippen LogP contribution in [0.25, 0.3) is 0 Å². The van der Waals surface area contributed by atoms with E-state index in [2.05, 4.69) is 15.3 Å². The maximum atomic E-state index is 13.0. The minimum Gasteiger partial charge on any atom is -0.484 e. The Balaban J connectivity index is 1.74. The molecule has 1 aromatic carbocycles. The second-order valence-corrected chi connectivity index (χ2v) is 6.99. The standard InChI is InChI=1S/C20H26FN5O2/c1-22-12-15-11-18(25(2)3)24-20(23-15)17-5-4-10-26(17)19(27)13-28-16-8-6-14(21)7-9-16/h6-9,11,17,22H,4-5,10,12-13H2,1-3H3/t17-/m1/s1. The van der Waals surface area contributed by atoms with E-state index in [0.29, 0.717) is 24.7 Å². The SMILES string of the molecule is CNCc1cc(N(C)C)nc([C@H]2CCCN2C(=O)COc2ccc(F)cc2)n1. The van der Waals surface area contributed by atoms with Gasteiger partial charge in [0.1, 0.15) is 17.4 Å². The fraction of sp³-hybridized carbons (Fsp3) is 0.450. The van der Waals surface area contributed by atoms with Gasteiger partial charge in [0.25, 0.3) is 5.91 Å². The number of rotatable bonds is 7. The highest BCUT2D eigenvalue weighted by molar-refractivity contribution is 5.78. The Labute approximate surface area is 164 Å². The van der Waals surface area contributed by atoms with Crippen molar-refractivity contribution in [2.75, 3.05) is 39.2 Å². The normalized spacial score (nSPS) is 16.3. The summed E-state index contributed by atoms with van der Waals surface area (Å²) in [7, 11) is 5.74. The molecule has 0 saturated carbocycles. The van der Waals surface area contributed by atoms with Gasteiger partial charge < -0.3 is 19.9 Å². The second-order valence-electron chi connectivity index (χ2n) is 6.99. The molecular weight excluding hydrogens is 361 g/mol. The molecule has 3 rings (SSSR count). The molecule has 0 unspecified atom stereocenters. The van der Waals surface area contributed by atoms with Crippen LogP contribution in [0.5, 0.6) is 5.75 Å². The number of hydrogen-bond donors (Lipinski definition) is 1. The average Bonchev–Trinajstić information content (AvgIpc) is 3.17. The van der Waals surface area contributed by atoms with Gasteiger partial charge in [-0.05, 0) is 44.2 Å². The molecule has 28 heavy (non-hydrogen) atoms. The van der Waals surface area contributed by atoms with Crippen LogP contribution in [-0.4, -0.2) is 55.1 Å². The van der Waals surface area contributed by atoms with Crippen LogP contribution in [0.2, 0.25) is 0 Å². The summed E-state index contributed by atoms with van der Waals surface area (Å²) < 4.78 is 18.5. The van der Waals surface area contributed by atoms with E-state index in [9.17, 15) is 9.18 Å². The van der Waals surface area contributed by atoms with Gasteiger partial charge in [0.2, 0.25) is 0 Å².